The molecule has 1 N–H and O–H groups in total. The molecule has 0 unspecified atom stereocenters. The van der Waals surface area contributed by atoms with E-state index in [2.05, 4.69) is 10.5 Å². The van der Waals surface area contributed by atoms with Gasteiger partial charge in [0, 0.05) is 5.02 Å². The third kappa shape index (κ3) is 6.84. The van der Waals surface area contributed by atoms with E-state index in [4.69, 9.17) is 20.5 Å². The molecule has 0 aliphatic heterocycles. The Bertz CT molecular complexity index is 1180. The molecule has 9 heteroatoms. The molecular weight excluding hydrogens is 440 g/mol. The lowest BCUT2D eigenvalue weighted by Gasteiger charge is -2.08. The van der Waals surface area contributed by atoms with Gasteiger partial charge in [-0.25, -0.2) is 5.43 Å². The molecule has 0 saturated carbocycles. The van der Waals surface area contributed by atoms with Crippen molar-refractivity contribution in [3.05, 3.63) is 88.9 Å². The Morgan fingerprint density at radius 3 is 2.45 bits per heavy atom. The van der Waals surface area contributed by atoms with Gasteiger partial charge in [0.25, 0.3) is 5.91 Å². The van der Waals surface area contributed by atoms with Crippen LogP contribution in [0.25, 0.3) is 0 Å². The number of hydrogen-bond donors (Lipinski definition) is 1. The van der Waals surface area contributed by atoms with Crippen LogP contribution in [-0.2, 0) is 14.9 Å². The summed E-state index contributed by atoms with van der Waals surface area (Å²) in [5, 5.41) is 4.41. The SMILES string of the molecule is Cc1ccc(S(=O)(=O)Oc2cccc(/C=N\NC(=O)COc3ccc(Cl)cc3)c2)cc1. The van der Waals surface area contributed by atoms with Gasteiger partial charge in [-0.1, -0.05) is 41.4 Å². The molecule has 3 aromatic rings. The number of halogens is 1. The average Bonchev–Trinajstić information content (AvgIpc) is 2.74. The number of aryl methyl sites for hydroxylation is 1. The van der Waals surface area contributed by atoms with E-state index < -0.39 is 16.0 Å². The Kier molecular flexibility index (Phi) is 7.28. The van der Waals surface area contributed by atoms with Crippen molar-refractivity contribution in [2.24, 2.45) is 5.10 Å². The van der Waals surface area contributed by atoms with Crippen LogP contribution in [0.15, 0.2) is 82.8 Å². The van der Waals surface area contributed by atoms with Gasteiger partial charge in [-0.15, -0.1) is 0 Å². The van der Waals surface area contributed by atoms with Crippen LogP contribution in [0.2, 0.25) is 5.02 Å². The topological polar surface area (TPSA) is 94.1 Å². The number of nitrogens with one attached hydrogen (secondary N) is 1. The average molecular weight is 459 g/mol. The molecule has 0 aliphatic carbocycles. The summed E-state index contributed by atoms with van der Waals surface area (Å²) in [6.45, 7) is 1.64. The van der Waals surface area contributed by atoms with Crippen molar-refractivity contribution in [3.8, 4) is 11.5 Å². The van der Waals surface area contributed by atoms with Crippen LogP contribution in [0.4, 0.5) is 0 Å². The van der Waals surface area contributed by atoms with Gasteiger partial charge < -0.3 is 8.92 Å². The molecule has 160 valence electrons. The molecule has 0 radical (unpaired) electrons. The van der Waals surface area contributed by atoms with Gasteiger partial charge in [-0.2, -0.15) is 13.5 Å². The summed E-state index contributed by atoms with van der Waals surface area (Å²) < 4.78 is 35.3. The number of amides is 1. The molecule has 0 aromatic heterocycles. The molecule has 0 atom stereocenters. The third-order valence-corrected chi connectivity index (χ3v) is 5.47. The van der Waals surface area contributed by atoms with E-state index in [9.17, 15) is 13.2 Å². The predicted molar refractivity (Wildman–Crippen MR) is 118 cm³/mol. The van der Waals surface area contributed by atoms with Gasteiger partial charge in [0.05, 0.1) is 6.21 Å². The zero-order valence-corrected chi connectivity index (χ0v) is 18.1. The maximum absolute atomic E-state index is 12.4. The Balaban J connectivity index is 1.55. The number of hydrogen-bond acceptors (Lipinski definition) is 6. The zero-order valence-electron chi connectivity index (χ0n) is 16.5. The quantitative estimate of drug-likeness (QED) is 0.313. The minimum Gasteiger partial charge on any atom is -0.484 e. The summed E-state index contributed by atoms with van der Waals surface area (Å²) in [4.78, 5) is 11.9. The van der Waals surface area contributed by atoms with Crippen molar-refractivity contribution in [2.45, 2.75) is 11.8 Å². The fraction of sp³-hybridized carbons (Fsp3) is 0.0909. The van der Waals surface area contributed by atoms with Gasteiger partial charge in [0.2, 0.25) is 0 Å². The summed E-state index contributed by atoms with van der Waals surface area (Å²) in [6, 6.07) is 19.3. The summed E-state index contributed by atoms with van der Waals surface area (Å²) in [5.41, 5.74) is 3.81. The van der Waals surface area contributed by atoms with E-state index in [1.807, 2.05) is 6.92 Å². The van der Waals surface area contributed by atoms with Crippen LogP contribution in [-0.4, -0.2) is 27.1 Å². The lowest BCUT2D eigenvalue weighted by molar-refractivity contribution is -0.123. The van der Waals surface area contributed by atoms with Crippen LogP contribution >= 0.6 is 11.6 Å². The molecule has 3 rings (SSSR count). The first-order chi connectivity index (χ1) is 14.8. The zero-order chi connectivity index (χ0) is 22.3. The molecule has 7 nitrogen and oxygen atoms in total. The first-order valence-corrected chi connectivity index (χ1v) is 10.9. The van der Waals surface area contributed by atoms with Crippen LogP contribution in [0.5, 0.6) is 11.5 Å². The smallest absolute Gasteiger partial charge is 0.339 e. The van der Waals surface area contributed by atoms with Gasteiger partial charge in [-0.3, -0.25) is 4.79 Å². The molecule has 0 aliphatic rings. The van der Waals surface area contributed by atoms with Crippen LogP contribution in [0.1, 0.15) is 11.1 Å². The first-order valence-electron chi connectivity index (χ1n) is 9.13. The Hall–Kier alpha value is -3.36. The van der Waals surface area contributed by atoms with E-state index >= 15 is 0 Å². The Labute approximate surface area is 185 Å². The second kappa shape index (κ2) is 10.1. The van der Waals surface area contributed by atoms with Gasteiger partial charge >= 0.3 is 10.1 Å². The highest BCUT2D eigenvalue weighted by Crippen LogP contribution is 2.20. The summed E-state index contributed by atoms with van der Waals surface area (Å²) in [7, 11) is -3.96. The van der Waals surface area contributed by atoms with E-state index in [0.717, 1.165) is 5.56 Å². The molecule has 1 amide bonds. The molecule has 0 saturated heterocycles. The highest BCUT2D eigenvalue weighted by Gasteiger charge is 2.16. The van der Waals surface area contributed by atoms with Gasteiger partial charge in [0.15, 0.2) is 6.61 Å². The molecule has 0 bridgehead atoms. The number of carbonyl (C=O) groups is 1. The maximum Gasteiger partial charge on any atom is 0.339 e. The molecule has 3 aromatic carbocycles. The monoisotopic (exact) mass is 458 g/mol. The normalized spacial score (nSPS) is 11.3. The standard InChI is InChI=1S/C22H19ClN2O5S/c1-16-5-11-21(12-6-16)31(27,28)30-20-4-2-3-17(13-20)14-24-25-22(26)15-29-19-9-7-18(23)8-10-19/h2-14H,15H2,1H3,(H,25,26)/b24-14-. The van der Waals surface area contributed by atoms with Crippen molar-refractivity contribution in [2.75, 3.05) is 6.61 Å². The fourth-order valence-electron chi connectivity index (χ4n) is 2.42. The second-order valence-corrected chi connectivity index (χ2v) is 8.44. The Morgan fingerprint density at radius 1 is 1.03 bits per heavy atom. The van der Waals surface area contributed by atoms with E-state index in [1.165, 1.54) is 30.5 Å². The van der Waals surface area contributed by atoms with E-state index in [0.29, 0.717) is 16.3 Å². The number of benzene rings is 3. The Morgan fingerprint density at radius 2 is 1.74 bits per heavy atom. The number of nitrogens with zero attached hydrogens (tertiary/aromatic N) is 1. The maximum atomic E-state index is 12.4. The number of carbonyl (C=O) groups excluding carboxylic acids is 1. The fourth-order valence-corrected chi connectivity index (χ4v) is 3.47. The number of rotatable bonds is 8. The van der Waals surface area contributed by atoms with Crippen LogP contribution < -0.4 is 14.3 Å². The highest BCUT2D eigenvalue weighted by atomic mass is 35.5. The van der Waals surface area contributed by atoms with Gasteiger partial charge in [-0.05, 0) is 61.0 Å². The number of ether oxygens (including phenoxy) is 1. The lowest BCUT2D eigenvalue weighted by atomic mass is 10.2. The molecule has 31 heavy (non-hydrogen) atoms. The lowest BCUT2D eigenvalue weighted by Crippen LogP contribution is -2.24. The minimum atomic E-state index is -3.96. The van der Waals surface area contributed by atoms with Gasteiger partial charge in [0.1, 0.15) is 16.4 Å². The predicted octanol–water partition coefficient (Wildman–Crippen LogP) is 3.95. The minimum absolute atomic E-state index is 0.0603. The van der Waals surface area contributed by atoms with Crippen molar-refractivity contribution in [3.63, 3.8) is 0 Å². The van der Waals surface area contributed by atoms with Crippen LogP contribution in [0.3, 0.4) is 0 Å². The van der Waals surface area contributed by atoms with Crippen LogP contribution in [0, 0.1) is 6.92 Å². The number of hydrazone groups is 1. The first kappa shape index (κ1) is 22.3. The molecular formula is C22H19ClN2O5S. The summed E-state index contributed by atoms with van der Waals surface area (Å²) in [5.74, 6) is 0.172. The molecule has 0 spiro atoms. The second-order valence-electron chi connectivity index (χ2n) is 6.46. The van der Waals surface area contributed by atoms with Crippen molar-refractivity contribution >= 4 is 33.8 Å². The summed E-state index contributed by atoms with van der Waals surface area (Å²) >= 11 is 5.79. The van der Waals surface area contributed by atoms with Crippen molar-refractivity contribution < 1.29 is 22.1 Å². The third-order valence-electron chi connectivity index (χ3n) is 3.96. The largest absolute Gasteiger partial charge is 0.484 e. The molecule has 0 heterocycles. The molecule has 0 fully saturated rings. The van der Waals surface area contributed by atoms with Crippen molar-refractivity contribution in [1.82, 2.24) is 5.43 Å². The van der Waals surface area contributed by atoms with Crippen molar-refractivity contribution in [1.29, 1.82) is 0 Å². The van der Waals surface area contributed by atoms with E-state index in [1.54, 1.807) is 48.5 Å². The van der Waals surface area contributed by atoms with E-state index in [-0.39, 0.29) is 17.3 Å². The summed E-state index contributed by atoms with van der Waals surface area (Å²) in [6.07, 6.45) is 1.37. The highest BCUT2D eigenvalue weighted by molar-refractivity contribution is 7.87.